The van der Waals surface area contributed by atoms with Gasteiger partial charge in [0.25, 0.3) is 0 Å². The van der Waals surface area contributed by atoms with Gasteiger partial charge in [0.05, 0.1) is 0 Å². The minimum Gasteiger partial charge on any atom is -0.462 e. The standard InChI is InChI=1S/C9H16O2/c1-7(2)6-8-4-3-5-9(10)11-8/h7-8H,3-6H2,1-2H3. The van der Waals surface area contributed by atoms with Crippen LogP contribution in [-0.2, 0) is 9.53 Å². The molecule has 1 atom stereocenters. The van der Waals surface area contributed by atoms with E-state index in [0.717, 1.165) is 19.3 Å². The van der Waals surface area contributed by atoms with Gasteiger partial charge in [-0.05, 0) is 25.2 Å². The van der Waals surface area contributed by atoms with Crippen molar-refractivity contribution in [2.24, 2.45) is 5.92 Å². The van der Waals surface area contributed by atoms with Crippen molar-refractivity contribution in [3.05, 3.63) is 0 Å². The lowest BCUT2D eigenvalue weighted by atomic mass is 9.99. The molecule has 64 valence electrons. The number of hydrogen-bond donors (Lipinski definition) is 0. The Bertz CT molecular complexity index is 140. The first kappa shape index (κ1) is 8.57. The van der Waals surface area contributed by atoms with Gasteiger partial charge in [0.15, 0.2) is 0 Å². The predicted octanol–water partition coefficient (Wildman–Crippen LogP) is 2.13. The topological polar surface area (TPSA) is 26.3 Å². The Balaban J connectivity index is 2.28. The molecule has 0 aromatic carbocycles. The fourth-order valence-corrected chi connectivity index (χ4v) is 1.47. The molecule has 1 aliphatic heterocycles. The molecule has 1 saturated heterocycles. The number of hydrogen-bond acceptors (Lipinski definition) is 2. The molecule has 0 spiro atoms. The Labute approximate surface area is 67.9 Å². The first-order valence-electron chi connectivity index (χ1n) is 4.38. The summed E-state index contributed by atoms with van der Waals surface area (Å²) in [6, 6.07) is 0. The second kappa shape index (κ2) is 3.74. The fourth-order valence-electron chi connectivity index (χ4n) is 1.47. The number of rotatable bonds is 2. The van der Waals surface area contributed by atoms with Crippen molar-refractivity contribution in [1.29, 1.82) is 0 Å². The fraction of sp³-hybridized carbons (Fsp3) is 0.889. The van der Waals surface area contributed by atoms with Crippen LogP contribution in [-0.4, -0.2) is 12.1 Å². The normalized spacial score (nSPS) is 25.4. The molecule has 11 heavy (non-hydrogen) atoms. The molecule has 2 heteroatoms. The summed E-state index contributed by atoms with van der Waals surface area (Å²) in [5, 5.41) is 0. The van der Waals surface area contributed by atoms with Crippen LogP contribution in [0.3, 0.4) is 0 Å². The highest BCUT2D eigenvalue weighted by Gasteiger charge is 2.20. The van der Waals surface area contributed by atoms with Crippen molar-refractivity contribution in [2.75, 3.05) is 0 Å². The minimum atomic E-state index is -0.0121. The lowest BCUT2D eigenvalue weighted by Gasteiger charge is -2.23. The van der Waals surface area contributed by atoms with E-state index in [2.05, 4.69) is 13.8 Å². The minimum absolute atomic E-state index is 0.0121. The summed E-state index contributed by atoms with van der Waals surface area (Å²) in [6.07, 6.45) is 3.91. The highest BCUT2D eigenvalue weighted by atomic mass is 16.5. The van der Waals surface area contributed by atoms with Crippen molar-refractivity contribution < 1.29 is 9.53 Å². The Morgan fingerprint density at radius 2 is 2.36 bits per heavy atom. The van der Waals surface area contributed by atoms with Crippen molar-refractivity contribution in [3.8, 4) is 0 Å². The largest absolute Gasteiger partial charge is 0.462 e. The summed E-state index contributed by atoms with van der Waals surface area (Å²) in [5.41, 5.74) is 0. The highest BCUT2D eigenvalue weighted by Crippen LogP contribution is 2.19. The summed E-state index contributed by atoms with van der Waals surface area (Å²) < 4.78 is 5.16. The van der Waals surface area contributed by atoms with E-state index < -0.39 is 0 Å². The van der Waals surface area contributed by atoms with Gasteiger partial charge in [-0.15, -0.1) is 0 Å². The van der Waals surface area contributed by atoms with E-state index in [0.29, 0.717) is 12.3 Å². The highest BCUT2D eigenvalue weighted by molar-refractivity contribution is 5.70. The van der Waals surface area contributed by atoms with Crippen LogP contribution in [0.5, 0.6) is 0 Å². The van der Waals surface area contributed by atoms with Crippen molar-refractivity contribution in [3.63, 3.8) is 0 Å². The van der Waals surface area contributed by atoms with Crippen LogP contribution >= 0.6 is 0 Å². The van der Waals surface area contributed by atoms with E-state index >= 15 is 0 Å². The number of ether oxygens (including phenoxy) is 1. The molecule has 0 aromatic rings. The van der Waals surface area contributed by atoms with Gasteiger partial charge in [-0.2, -0.15) is 0 Å². The predicted molar refractivity (Wildman–Crippen MR) is 43.2 cm³/mol. The molecule has 0 aromatic heterocycles. The molecule has 1 aliphatic rings. The zero-order valence-electron chi connectivity index (χ0n) is 7.30. The van der Waals surface area contributed by atoms with Crippen LogP contribution < -0.4 is 0 Å². The van der Waals surface area contributed by atoms with Gasteiger partial charge in [0.1, 0.15) is 6.10 Å². The molecule has 0 N–H and O–H groups in total. The summed E-state index contributed by atoms with van der Waals surface area (Å²) >= 11 is 0. The zero-order valence-corrected chi connectivity index (χ0v) is 7.30. The van der Waals surface area contributed by atoms with Gasteiger partial charge in [-0.3, -0.25) is 4.79 Å². The molecule has 2 nitrogen and oxygen atoms in total. The maximum atomic E-state index is 10.8. The number of cyclic esters (lactones) is 1. The molecule has 1 fully saturated rings. The zero-order chi connectivity index (χ0) is 8.27. The lowest BCUT2D eigenvalue weighted by molar-refractivity contribution is -0.154. The Hall–Kier alpha value is -0.530. The molecule has 1 rings (SSSR count). The average Bonchev–Trinajstić information content (AvgIpc) is 1.85. The van der Waals surface area contributed by atoms with Gasteiger partial charge in [0.2, 0.25) is 0 Å². The van der Waals surface area contributed by atoms with Crippen molar-refractivity contribution in [2.45, 2.75) is 45.6 Å². The van der Waals surface area contributed by atoms with E-state index in [1.807, 2.05) is 0 Å². The molecule has 0 saturated carbocycles. The molecular formula is C9H16O2. The Morgan fingerprint density at radius 1 is 1.64 bits per heavy atom. The SMILES string of the molecule is CC(C)CC1CCCC(=O)O1. The van der Waals surface area contributed by atoms with Gasteiger partial charge in [0, 0.05) is 6.42 Å². The number of carbonyl (C=O) groups excluding carboxylic acids is 1. The second-order valence-corrected chi connectivity index (χ2v) is 3.63. The number of esters is 1. The first-order chi connectivity index (χ1) is 5.18. The summed E-state index contributed by atoms with van der Waals surface area (Å²) in [4.78, 5) is 10.8. The molecule has 0 aliphatic carbocycles. The van der Waals surface area contributed by atoms with Crippen LogP contribution in [0.4, 0.5) is 0 Å². The summed E-state index contributed by atoms with van der Waals surface area (Å²) in [6.45, 7) is 4.31. The van der Waals surface area contributed by atoms with Crippen LogP contribution in [0.2, 0.25) is 0 Å². The van der Waals surface area contributed by atoms with Crippen molar-refractivity contribution in [1.82, 2.24) is 0 Å². The molecule has 0 bridgehead atoms. The summed E-state index contributed by atoms with van der Waals surface area (Å²) in [5.74, 6) is 0.618. The number of carbonyl (C=O) groups is 1. The molecular weight excluding hydrogens is 140 g/mol. The quantitative estimate of drug-likeness (QED) is 0.572. The van der Waals surface area contributed by atoms with E-state index in [-0.39, 0.29) is 12.1 Å². The van der Waals surface area contributed by atoms with Gasteiger partial charge < -0.3 is 4.74 Å². The monoisotopic (exact) mass is 156 g/mol. The van der Waals surface area contributed by atoms with E-state index in [4.69, 9.17) is 4.74 Å². The van der Waals surface area contributed by atoms with Gasteiger partial charge >= 0.3 is 5.97 Å². The average molecular weight is 156 g/mol. The molecule has 0 radical (unpaired) electrons. The van der Waals surface area contributed by atoms with E-state index in [9.17, 15) is 4.79 Å². The van der Waals surface area contributed by atoms with E-state index in [1.165, 1.54) is 0 Å². The van der Waals surface area contributed by atoms with Crippen LogP contribution in [0.1, 0.15) is 39.5 Å². The summed E-state index contributed by atoms with van der Waals surface area (Å²) in [7, 11) is 0. The third-order valence-corrected chi connectivity index (χ3v) is 1.94. The molecule has 1 heterocycles. The second-order valence-electron chi connectivity index (χ2n) is 3.63. The first-order valence-corrected chi connectivity index (χ1v) is 4.38. The van der Waals surface area contributed by atoms with Crippen LogP contribution in [0.25, 0.3) is 0 Å². The lowest BCUT2D eigenvalue weighted by Crippen LogP contribution is -2.24. The van der Waals surface area contributed by atoms with Gasteiger partial charge in [-0.1, -0.05) is 13.8 Å². The Kier molecular flexibility index (Phi) is 2.92. The van der Waals surface area contributed by atoms with Crippen LogP contribution in [0, 0.1) is 5.92 Å². The van der Waals surface area contributed by atoms with Crippen LogP contribution in [0.15, 0.2) is 0 Å². The van der Waals surface area contributed by atoms with E-state index in [1.54, 1.807) is 0 Å². The van der Waals surface area contributed by atoms with Gasteiger partial charge in [-0.25, -0.2) is 0 Å². The molecule has 0 amide bonds. The smallest absolute Gasteiger partial charge is 0.306 e. The third-order valence-electron chi connectivity index (χ3n) is 1.94. The third kappa shape index (κ3) is 2.91. The Morgan fingerprint density at radius 3 is 2.91 bits per heavy atom. The van der Waals surface area contributed by atoms with Crippen molar-refractivity contribution >= 4 is 5.97 Å². The molecule has 1 unspecified atom stereocenters. The maximum absolute atomic E-state index is 10.8. The maximum Gasteiger partial charge on any atom is 0.306 e.